The third-order valence-corrected chi connectivity index (χ3v) is 2.86. The molecule has 1 aromatic carbocycles. The maximum Gasteiger partial charge on any atom is 0.416 e. The molecule has 0 saturated heterocycles. The molecule has 0 spiro atoms. The van der Waals surface area contributed by atoms with E-state index in [-0.39, 0.29) is 5.56 Å². The van der Waals surface area contributed by atoms with Gasteiger partial charge in [-0.1, -0.05) is 0 Å². The van der Waals surface area contributed by atoms with E-state index in [1.165, 1.54) is 0 Å². The molecule has 0 radical (unpaired) electrons. The zero-order valence-electron chi connectivity index (χ0n) is 10.5. The summed E-state index contributed by atoms with van der Waals surface area (Å²) in [6.45, 7) is 0. The van der Waals surface area contributed by atoms with Gasteiger partial charge in [-0.3, -0.25) is 0 Å². The summed E-state index contributed by atoms with van der Waals surface area (Å²) in [7, 11) is 1.58. The highest BCUT2D eigenvalue weighted by atomic mass is 19.4. The first-order chi connectivity index (χ1) is 8.90. The third kappa shape index (κ3) is 4.25. The van der Waals surface area contributed by atoms with Crippen molar-refractivity contribution in [3.63, 3.8) is 0 Å². The molecule has 1 N–H and O–H groups in total. The lowest BCUT2D eigenvalue weighted by Gasteiger charge is -2.18. The SMILES string of the molecule is C#CCCCC(NC)c1cc(C(F)(F)F)ccc1F. The van der Waals surface area contributed by atoms with Crippen molar-refractivity contribution in [2.24, 2.45) is 0 Å². The van der Waals surface area contributed by atoms with Gasteiger partial charge in [0.15, 0.2) is 0 Å². The first-order valence-corrected chi connectivity index (χ1v) is 5.87. The molecule has 0 bridgehead atoms. The molecule has 0 heterocycles. The largest absolute Gasteiger partial charge is 0.416 e. The normalized spacial score (nSPS) is 13.1. The van der Waals surface area contributed by atoms with Crippen LogP contribution in [0.25, 0.3) is 0 Å². The minimum absolute atomic E-state index is 0.0225. The van der Waals surface area contributed by atoms with Crippen LogP contribution >= 0.6 is 0 Å². The molecule has 1 unspecified atom stereocenters. The molecule has 1 nitrogen and oxygen atoms in total. The summed E-state index contributed by atoms with van der Waals surface area (Å²) in [5, 5.41) is 2.82. The van der Waals surface area contributed by atoms with Gasteiger partial charge in [0.1, 0.15) is 5.82 Å². The summed E-state index contributed by atoms with van der Waals surface area (Å²) in [5.41, 5.74) is -0.824. The van der Waals surface area contributed by atoms with E-state index < -0.39 is 23.6 Å². The number of unbranched alkanes of at least 4 members (excludes halogenated alkanes) is 1. The van der Waals surface area contributed by atoms with Gasteiger partial charge in [-0.2, -0.15) is 13.2 Å². The van der Waals surface area contributed by atoms with Crippen molar-refractivity contribution in [2.75, 3.05) is 7.05 Å². The molecule has 5 heteroatoms. The summed E-state index contributed by atoms with van der Waals surface area (Å²) < 4.78 is 51.5. The fourth-order valence-electron chi connectivity index (χ4n) is 1.85. The van der Waals surface area contributed by atoms with Gasteiger partial charge in [0.2, 0.25) is 0 Å². The van der Waals surface area contributed by atoms with Gasteiger partial charge < -0.3 is 5.32 Å². The Bertz CT molecular complexity index is 459. The average molecular weight is 273 g/mol. The Morgan fingerprint density at radius 3 is 2.58 bits per heavy atom. The van der Waals surface area contributed by atoms with Gasteiger partial charge in [-0.15, -0.1) is 12.3 Å². The Labute approximate surface area is 110 Å². The smallest absolute Gasteiger partial charge is 0.313 e. The second-order valence-corrected chi connectivity index (χ2v) is 4.17. The Morgan fingerprint density at radius 2 is 2.05 bits per heavy atom. The number of nitrogens with one attached hydrogen (secondary N) is 1. The van der Waals surface area contributed by atoms with E-state index in [9.17, 15) is 17.6 Å². The molecular weight excluding hydrogens is 258 g/mol. The minimum atomic E-state index is -4.47. The average Bonchev–Trinajstić information content (AvgIpc) is 2.34. The van der Waals surface area contributed by atoms with Crippen molar-refractivity contribution in [1.29, 1.82) is 0 Å². The number of rotatable bonds is 5. The Morgan fingerprint density at radius 1 is 1.37 bits per heavy atom. The van der Waals surface area contributed by atoms with Crippen LogP contribution in [0.15, 0.2) is 18.2 Å². The molecule has 0 fully saturated rings. The van der Waals surface area contributed by atoms with Crippen molar-refractivity contribution in [1.82, 2.24) is 5.32 Å². The number of terminal acetylenes is 1. The number of benzene rings is 1. The van der Waals surface area contributed by atoms with Gasteiger partial charge in [-0.25, -0.2) is 4.39 Å². The number of halogens is 4. The second kappa shape index (κ2) is 6.58. The first-order valence-electron chi connectivity index (χ1n) is 5.87. The topological polar surface area (TPSA) is 12.0 Å². The van der Waals surface area contributed by atoms with Crippen LogP contribution in [0.5, 0.6) is 0 Å². The molecule has 0 aliphatic carbocycles. The molecule has 19 heavy (non-hydrogen) atoms. The van der Waals surface area contributed by atoms with Crippen LogP contribution < -0.4 is 5.32 Å². The van der Waals surface area contributed by atoms with E-state index in [1.54, 1.807) is 7.05 Å². The molecule has 1 rings (SSSR count). The van der Waals surface area contributed by atoms with Gasteiger partial charge in [0.05, 0.1) is 5.56 Å². The van der Waals surface area contributed by atoms with Crippen LogP contribution in [0.4, 0.5) is 17.6 Å². The monoisotopic (exact) mass is 273 g/mol. The van der Waals surface area contributed by atoms with Gasteiger partial charge in [0, 0.05) is 18.0 Å². The maximum atomic E-state index is 13.7. The van der Waals surface area contributed by atoms with Crippen molar-refractivity contribution in [2.45, 2.75) is 31.5 Å². The molecular formula is C14H15F4N. The molecule has 0 aliphatic heterocycles. The quantitative estimate of drug-likeness (QED) is 0.487. The minimum Gasteiger partial charge on any atom is -0.313 e. The highest BCUT2D eigenvalue weighted by molar-refractivity contribution is 5.29. The predicted octanol–water partition coefficient (Wildman–Crippen LogP) is 3.91. The maximum absolute atomic E-state index is 13.7. The first kappa shape index (κ1) is 15.5. The fraction of sp³-hybridized carbons (Fsp3) is 0.429. The highest BCUT2D eigenvalue weighted by Gasteiger charge is 2.31. The Kier molecular flexibility index (Phi) is 5.37. The number of hydrogen-bond acceptors (Lipinski definition) is 1. The van der Waals surface area contributed by atoms with Crippen LogP contribution in [0.1, 0.15) is 36.4 Å². The van der Waals surface area contributed by atoms with Crippen molar-refractivity contribution in [3.8, 4) is 12.3 Å². The van der Waals surface area contributed by atoms with Crippen molar-refractivity contribution < 1.29 is 17.6 Å². The summed E-state index contributed by atoms with van der Waals surface area (Å²) in [5.74, 6) is 1.80. The fourth-order valence-corrected chi connectivity index (χ4v) is 1.85. The Hall–Kier alpha value is -1.54. The van der Waals surface area contributed by atoms with E-state index in [0.29, 0.717) is 19.3 Å². The molecule has 104 valence electrons. The van der Waals surface area contributed by atoms with Gasteiger partial charge in [0.25, 0.3) is 0 Å². The number of alkyl halides is 3. The van der Waals surface area contributed by atoms with E-state index in [1.807, 2.05) is 0 Å². The summed E-state index contributed by atoms with van der Waals surface area (Å²) in [6, 6.07) is 1.97. The van der Waals surface area contributed by atoms with Crippen molar-refractivity contribution in [3.05, 3.63) is 35.1 Å². The molecule has 0 aromatic heterocycles. The standard InChI is InChI=1S/C14H15F4N/c1-3-4-5-6-13(19-2)11-9-10(14(16,17)18)7-8-12(11)15/h1,7-9,13,19H,4-6H2,2H3. The second-order valence-electron chi connectivity index (χ2n) is 4.17. The molecule has 1 atom stereocenters. The molecule has 0 amide bonds. The summed E-state index contributed by atoms with van der Waals surface area (Å²) >= 11 is 0. The Balaban J connectivity index is 2.99. The van der Waals surface area contributed by atoms with E-state index in [4.69, 9.17) is 6.42 Å². The summed E-state index contributed by atoms with van der Waals surface area (Å²) in [4.78, 5) is 0. The predicted molar refractivity (Wildman–Crippen MR) is 65.9 cm³/mol. The summed E-state index contributed by atoms with van der Waals surface area (Å²) in [6.07, 6.45) is 2.26. The van der Waals surface area contributed by atoms with Crippen molar-refractivity contribution >= 4 is 0 Å². The lowest BCUT2D eigenvalue weighted by molar-refractivity contribution is -0.137. The zero-order chi connectivity index (χ0) is 14.5. The van der Waals surface area contributed by atoms with E-state index >= 15 is 0 Å². The van der Waals surface area contributed by atoms with Gasteiger partial charge >= 0.3 is 6.18 Å². The van der Waals surface area contributed by atoms with Crippen LogP contribution in [-0.2, 0) is 6.18 Å². The highest BCUT2D eigenvalue weighted by Crippen LogP contribution is 2.32. The molecule has 1 aromatic rings. The number of hydrogen-bond donors (Lipinski definition) is 1. The lowest BCUT2D eigenvalue weighted by Crippen LogP contribution is -2.19. The van der Waals surface area contributed by atoms with Crippen LogP contribution in [0, 0.1) is 18.2 Å². The molecule has 0 aliphatic rings. The lowest BCUT2D eigenvalue weighted by atomic mass is 9.98. The molecule has 0 saturated carbocycles. The van der Waals surface area contributed by atoms with E-state index in [0.717, 1.165) is 18.2 Å². The van der Waals surface area contributed by atoms with Gasteiger partial charge in [-0.05, 0) is 38.1 Å². The van der Waals surface area contributed by atoms with Crippen LogP contribution in [0.3, 0.4) is 0 Å². The third-order valence-electron chi connectivity index (χ3n) is 2.86. The van der Waals surface area contributed by atoms with E-state index in [2.05, 4.69) is 11.2 Å². The van der Waals surface area contributed by atoms with Crippen LogP contribution in [0.2, 0.25) is 0 Å². The van der Waals surface area contributed by atoms with Crippen LogP contribution in [-0.4, -0.2) is 7.05 Å². The zero-order valence-corrected chi connectivity index (χ0v) is 10.5.